The van der Waals surface area contributed by atoms with Crippen LogP contribution in [0, 0.1) is 11.6 Å². The molecular weight excluding hydrogens is 314 g/mol. The van der Waals surface area contributed by atoms with Gasteiger partial charge in [0.2, 0.25) is 0 Å². The lowest BCUT2D eigenvalue weighted by molar-refractivity contribution is 0.236. The molecule has 1 aromatic heterocycles. The van der Waals surface area contributed by atoms with Crippen molar-refractivity contribution >= 4 is 6.03 Å². The third-order valence-corrected chi connectivity index (χ3v) is 3.74. The topological polar surface area (TPSA) is 59.0 Å². The van der Waals surface area contributed by atoms with Crippen molar-refractivity contribution in [3.8, 4) is 0 Å². The van der Waals surface area contributed by atoms with E-state index in [1.54, 1.807) is 12.5 Å². The zero-order valence-corrected chi connectivity index (χ0v) is 13.6. The largest absolute Gasteiger partial charge is 0.338 e. The molecule has 0 aliphatic heterocycles. The lowest BCUT2D eigenvalue weighted by Gasteiger charge is -2.18. The third kappa shape index (κ3) is 5.33. The molecule has 1 aromatic carbocycles. The van der Waals surface area contributed by atoms with Gasteiger partial charge < -0.3 is 15.2 Å². The van der Waals surface area contributed by atoms with E-state index in [2.05, 4.69) is 15.6 Å². The van der Waals surface area contributed by atoms with Gasteiger partial charge in [-0.05, 0) is 25.3 Å². The van der Waals surface area contributed by atoms with E-state index in [-0.39, 0.29) is 11.6 Å². The first-order valence-corrected chi connectivity index (χ1v) is 8.05. The molecule has 0 bridgehead atoms. The maximum Gasteiger partial charge on any atom is 0.315 e. The number of urea groups is 1. The molecule has 7 heteroatoms. The number of benzene rings is 1. The summed E-state index contributed by atoms with van der Waals surface area (Å²) in [7, 11) is 0. The minimum atomic E-state index is -0.650. The van der Waals surface area contributed by atoms with Crippen LogP contribution in [-0.4, -0.2) is 22.1 Å². The van der Waals surface area contributed by atoms with Crippen molar-refractivity contribution in [2.45, 2.75) is 38.8 Å². The monoisotopic (exact) mass is 336 g/mol. The molecule has 5 nitrogen and oxygen atoms in total. The zero-order chi connectivity index (χ0) is 17.4. The summed E-state index contributed by atoms with van der Waals surface area (Å²) in [6.45, 7) is 3.21. The fraction of sp³-hybridized carbons (Fsp3) is 0.412. The summed E-state index contributed by atoms with van der Waals surface area (Å²) in [5.74, 6) is -1.28. The molecule has 0 fully saturated rings. The number of aromatic nitrogens is 2. The van der Waals surface area contributed by atoms with Crippen LogP contribution in [-0.2, 0) is 6.54 Å². The molecular formula is C17H22F2N4O. The van der Waals surface area contributed by atoms with Gasteiger partial charge in [-0.1, -0.05) is 13.0 Å². The smallest absolute Gasteiger partial charge is 0.315 e. The normalized spacial score (nSPS) is 12.0. The number of hydrogen-bond acceptors (Lipinski definition) is 2. The summed E-state index contributed by atoms with van der Waals surface area (Å²) < 4.78 is 28.8. The quantitative estimate of drug-likeness (QED) is 0.726. The molecule has 0 aliphatic rings. The molecule has 0 saturated heterocycles. The Bertz CT molecular complexity index is 646. The van der Waals surface area contributed by atoms with Crippen LogP contribution in [0.3, 0.4) is 0 Å². The second-order valence-electron chi connectivity index (χ2n) is 5.53. The average molecular weight is 336 g/mol. The highest BCUT2D eigenvalue weighted by atomic mass is 19.1. The second kappa shape index (κ2) is 9.00. The molecule has 2 N–H and O–H groups in total. The highest BCUT2D eigenvalue weighted by Gasteiger charge is 2.16. The molecule has 0 saturated carbocycles. The second-order valence-corrected chi connectivity index (χ2v) is 5.53. The number of unbranched alkanes of at least 4 members (excludes halogenated alkanes) is 1. The van der Waals surface area contributed by atoms with Gasteiger partial charge in [0.05, 0.1) is 12.4 Å². The summed E-state index contributed by atoms with van der Waals surface area (Å²) >= 11 is 0. The van der Waals surface area contributed by atoms with Gasteiger partial charge in [0.15, 0.2) is 0 Å². The first-order valence-electron chi connectivity index (χ1n) is 8.05. The Morgan fingerprint density at radius 3 is 2.83 bits per heavy atom. The van der Waals surface area contributed by atoms with Crippen molar-refractivity contribution in [2.75, 3.05) is 6.54 Å². The van der Waals surface area contributed by atoms with Crippen molar-refractivity contribution < 1.29 is 13.6 Å². The summed E-state index contributed by atoms with van der Waals surface area (Å²) in [5, 5.41) is 5.48. The number of aryl methyl sites for hydroxylation is 1. The Balaban J connectivity index is 1.73. The Kier molecular flexibility index (Phi) is 6.72. The Morgan fingerprint density at radius 1 is 1.33 bits per heavy atom. The molecule has 1 heterocycles. The minimum absolute atomic E-state index is 0.286. The number of nitrogens with zero attached hydrogens (tertiary/aromatic N) is 2. The highest BCUT2D eigenvalue weighted by molar-refractivity contribution is 5.74. The molecule has 130 valence electrons. The van der Waals surface area contributed by atoms with Crippen molar-refractivity contribution in [3.05, 3.63) is 54.1 Å². The first-order chi connectivity index (χ1) is 11.6. The van der Waals surface area contributed by atoms with Crippen LogP contribution in [0.15, 0.2) is 36.9 Å². The lowest BCUT2D eigenvalue weighted by atomic mass is 10.0. The highest BCUT2D eigenvalue weighted by Crippen LogP contribution is 2.20. The Labute approximate surface area is 140 Å². The summed E-state index contributed by atoms with van der Waals surface area (Å²) in [4.78, 5) is 15.9. The van der Waals surface area contributed by atoms with E-state index in [9.17, 15) is 13.6 Å². The van der Waals surface area contributed by atoms with E-state index in [1.807, 2.05) is 17.7 Å². The zero-order valence-electron chi connectivity index (χ0n) is 13.6. The maximum absolute atomic E-state index is 13.8. The standard InChI is InChI=1S/C17H22F2N4O/c1-2-16(14-6-5-13(18)11-15(14)19)22-17(24)21-7-3-4-9-23-10-8-20-12-23/h5-6,8,10-12,16H,2-4,7,9H2,1H3,(H2,21,22,24). The molecule has 0 spiro atoms. The van der Waals surface area contributed by atoms with E-state index in [0.717, 1.165) is 25.5 Å². The molecule has 1 atom stereocenters. The fourth-order valence-electron chi connectivity index (χ4n) is 2.43. The molecule has 0 aliphatic carbocycles. The Hall–Kier alpha value is -2.44. The average Bonchev–Trinajstić information content (AvgIpc) is 3.06. The van der Waals surface area contributed by atoms with Gasteiger partial charge in [-0.2, -0.15) is 0 Å². The maximum atomic E-state index is 13.8. The van der Waals surface area contributed by atoms with Crippen LogP contribution in [0.5, 0.6) is 0 Å². The number of halogens is 2. The number of rotatable bonds is 8. The van der Waals surface area contributed by atoms with Crippen LogP contribution in [0.4, 0.5) is 13.6 Å². The van der Waals surface area contributed by atoms with Crippen LogP contribution in [0.1, 0.15) is 37.8 Å². The van der Waals surface area contributed by atoms with E-state index in [4.69, 9.17) is 0 Å². The first kappa shape index (κ1) is 17.9. The molecule has 2 rings (SSSR count). The number of amides is 2. The minimum Gasteiger partial charge on any atom is -0.338 e. The Morgan fingerprint density at radius 2 is 2.17 bits per heavy atom. The summed E-state index contributed by atoms with van der Waals surface area (Å²) in [6, 6.07) is 2.54. The van der Waals surface area contributed by atoms with Crippen molar-refractivity contribution in [2.24, 2.45) is 0 Å². The SMILES string of the molecule is CCC(NC(=O)NCCCCn1ccnc1)c1ccc(F)cc1F. The van der Waals surface area contributed by atoms with Gasteiger partial charge in [0.1, 0.15) is 11.6 Å². The lowest BCUT2D eigenvalue weighted by Crippen LogP contribution is -2.38. The number of carbonyl (C=O) groups is 1. The molecule has 24 heavy (non-hydrogen) atoms. The van der Waals surface area contributed by atoms with Gasteiger partial charge in [0.25, 0.3) is 0 Å². The van der Waals surface area contributed by atoms with Crippen molar-refractivity contribution in [3.63, 3.8) is 0 Å². The molecule has 2 amide bonds. The van der Waals surface area contributed by atoms with Crippen molar-refractivity contribution in [1.29, 1.82) is 0 Å². The molecule has 0 radical (unpaired) electrons. The van der Waals surface area contributed by atoms with Crippen LogP contribution in [0.2, 0.25) is 0 Å². The molecule has 1 unspecified atom stereocenters. The number of nitrogens with one attached hydrogen (secondary N) is 2. The van der Waals surface area contributed by atoms with Crippen molar-refractivity contribution in [1.82, 2.24) is 20.2 Å². The van der Waals surface area contributed by atoms with Gasteiger partial charge >= 0.3 is 6.03 Å². The van der Waals surface area contributed by atoms with E-state index in [1.165, 1.54) is 12.1 Å². The van der Waals surface area contributed by atoms with Gasteiger partial charge in [0, 0.05) is 37.1 Å². The fourth-order valence-corrected chi connectivity index (χ4v) is 2.43. The summed E-state index contributed by atoms with van der Waals surface area (Å²) in [6.07, 6.45) is 7.63. The number of imidazole rings is 1. The van der Waals surface area contributed by atoms with Gasteiger partial charge in [-0.15, -0.1) is 0 Å². The van der Waals surface area contributed by atoms with Crippen LogP contribution < -0.4 is 10.6 Å². The van der Waals surface area contributed by atoms with E-state index < -0.39 is 17.7 Å². The summed E-state index contributed by atoms with van der Waals surface area (Å²) in [5.41, 5.74) is 0.286. The van der Waals surface area contributed by atoms with Crippen LogP contribution >= 0.6 is 0 Å². The van der Waals surface area contributed by atoms with E-state index in [0.29, 0.717) is 13.0 Å². The predicted octanol–water partition coefficient (Wildman–Crippen LogP) is 3.39. The molecule has 2 aromatic rings. The third-order valence-electron chi connectivity index (χ3n) is 3.74. The number of hydrogen-bond donors (Lipinski definition) is 2. The van der Waals surface area contributed by atoms with Crippen LogP contribution in [0.25, 0.3) is 0 Å². The number of carbonyl (C=O) groups excluding carboxylic acids is 1. The van der Waals surface area contributed by atoms with Gasteiger partial charge in [-0.25, -0.2) is 18.6 Å². The van der Waals surface area contributed by atoms with E-state index >= 15 is 0 Å². The predicted molar refractivity (Wildman–Crippen MR) is 87.4 cm³/mol. The van der Waals surface area contributed by atoms with Gasteiger partial charge in [-0.3, -0.25) is 0 Å².